The molecule has 3 nitrogen and oxygen atoms in total. The summed E-state index contributed by atoms with van der Waals surface area (Å²) >= 11 is 0. The first-order valence-corrected chi connectivity index (χ1v) is 6.90. The van der Waals surface area contributed by atoms with E-state index in [0.29, 0.717) is 5.41 Å². The lowest BCUT2D eigenvalue weighted by atomic mass is 9.83. The molecule has 0 bridgehead atoms. The zero-order chi connectivity index (χ0) is 12.9. The highest BCUT2D eigenvalue weighted by Crippen LogP contribution is 2.40. The fraction of sp³-hybridized carbons (Fsp3) is 0.929. The minimum atomic E-state index is 0. The lowest BCUT2D eigenvalue weighted by molar-refractivity contribution is 0.282. The molecule has 0 unspecified atom stereocenters. The van der Waals surface area contributed by atoms with Crippen molar-refractivity contribution in [2.45, 2.75) is 65.3 Å². The van der Waals surface area contributed by atoms with Crippen molar-refractivity contribution in [2.24, 2.45) is 10.4 Å². The number of hydrogen-bond acceptors (Lipinski definition) is 1. The van der Waals surface area contributed by atoms with E-state index in [0.717, 1.165) is 12.5 Å². The van der Waals surface area contributed by atoms with Crippen LogP contribution in [-0.2, 0) is 0 Å². The molecule has 1 aliphatic carbocycles. The first-order chi connectivity index (χ1) is 7.91. The van der Waals surface area contributed by atoms with Crippen LogP contribution in [0.5, 0.6) is 0 Å². The number of nitrogens with zero attached hydrogens (tertiary/aromatic N) is 1. The third kappa shape index (κ3) is 5.76. The van der Waals surface area contributed by atoms with Crippen molar-refractivity contribution in [3.8, 4) is 0 Å². The van der Waals surface area contributed by atoms with E-state index in [1.165, 1.54) is 32.1 Å². The summed E-state index contributed by atoms with van der Waals surface area (Å²) in [5.74, 6) is 0.928. The van der Waals surface area contributed by atoms with E-state index in [1.54, 1.807) is 0 Å². The lowest BCUT2D eigenvalue weighted by Gasteiger charge is -2.30. The average molecular weight is 367 g/mol. The van der Waals surface area contributed by atoms with Crippen molar-refractivity contribution >= 4 is 29.9 Å². The molecule has 1 saturated carbocycles. The number of nitrogens with one attached hydrogen (secondary N) is 2. The number of guanidine groups is 1. The molecule has 0 aromatic heterocycles. The average Bonchev–Trinajstić information content (AvgIpc) is 2.72. The number of halogens is 1. The smallest absolute Gasteiger partial charge is 0.191 e. The molecule has 1 rings (SSSR count). The van der Waals surface area contributed by atoms with Gasteiger partial charge < -0.3 is 10.6 Å². The second-order valence-corrected chi connectivity index (χ2v) is 6.36. The molecule has 18 heavy (non-hydrogen) atoms. The third-order valence-electron chi connectivity index (χ3n) is 3.76. The molecule has 0 saturated heterocycles. The Morgan fingerprint density at radius 3 is 2.17 bits per heavy atom. The molecule has 0 heterocycles. The maximum Gasteiger partial charge on any atom is 0.191 e. The van der Waals surface area contributed by atoms with Crippen LogP contribution in [-0.4, -0.2) is 25.1 Å². The molecule has 108 valence electrons. The quantitative estimate of drug-likeness (QED) is 0.455. The van der Waals surface area contributed by atoms with Crippen LogP contribution in [0.1, 0.15) is 59.8 Å². The minimum absolute atomic E-state index is 0. The van der Waals surface area contributed by atoms with Gasteiger partial charge in [-0.2, -0.15) is 0 Å². The second-order valence-electron chi connectivity index (χ2n) is 6.36. The predicted molar refractivity (Wildman–Crippen MR) is 90.9 cm³/mol. The summed E-state index contributed by atoms with van der Waals surface area (Å²) in [6.07, 6.45) is 6.78. The Morgan fingerprint density at radius 2 is 1.78 bits per heavy atom. The van der Waals surface area contributed by atoms with Crippen LogP contribution in [0.3, 0.4) is 0 Å². The van der Waals surface area contributed by atoms with Gasteiger partial charge in [-0.1, -0.05) is 19.8 Å². The molecule has 1 fully saturated rings. The fourth-order valence-corrected chi connectivity index (χ4v) is 2.59. The summed E-state index contributed by atoms with van der Waals surface area (Å²) < 4.78 is 0. The molecular formula is C14H30IN3. The maximum atomic E-state index is 4.29. The summed E-state index contributed by atoms with van der Waals surface area (Å²) in [4.78, 5) is 4.29. The Kier molecular flexibility index (Phi) is 7.56. The van der Waals surface area contributed by atoms with E-state index in [-0.39, 0.29) is 29.5 Å². The van der Waals surface area contributed by atoms with Crippen LogP contribution in [0.2, 0.25) is 0 Å². The number of aliphatic imine (C=N–C) groups is 1. The van der Waals surface area contributed by atoms with E-state index < -0.39 is 0 Å². The van der Waals surface area contributed by atoms with Gasteiger partial charge in [-0.05, 0) is 45.4 Å². The van der Waals surface area contributed by atoms with Crippen LogP contribution < -0.4 is 10.6 Å². The van der Waals surface area contributed by atoms with Crippen molar-refractivity contribution in [3.05, 3.63) is 0 Å². The maximum absolute atomic E-state index is 4.29. The monoisotopic (exact) mass is 367 g/mol. The first kappa shape index (κ1) is 18.0. The summed E-state index contributed by atoms with van der Waals surface area (Å²) in [6.45, 7) is 9.84. The highest BCUT2D eigenvalue weighted by molar-refractivity contribution is 14.0. The summed E-state index contributed by atoms with van der Waals surface area (Å²) in [5, 5.41) is 6.91. The van der Waals surface area contributed by atoms with Gasteiger partial charge in [0.1, 0.15) is 0 Å². The molecule has 0 atom stereocenters. The normalized spacial score (nSPS) is 19.3. The van der Waals surface area contributed by atoms with Crippen LogP contribution in [0, 0.1) is 5.41 Å². The largest absolute Gasteiger partial charge is 0.356 e. The highest BCUT2D eigenvalue weighted by atomic mass is 127. The zero-order valence-corrected chi connectivity index (χ0v) is 14.9. The second kappa shape index (κ2) is 7.56. The van der Waals surface area contributed by atoms with Gasteiger partial charge in [0.15, 0.2) is 5.96 Å². The molecule has 0 aromatic carbocycles. The summed E-state index contributed by atoms with van der Waals surface area (Å²) in [5.41, 5.74) is 0.576. The van der Waals surface area contributed by atoms with Gasteiger partial charge in [0.05, 0.1) is 0 Å². The third-order valence-corrected chi connectivity index (χ3v) is 3.76. The molecule has 0 aliphatic heterocycles. The van der Waals surface area contributed by atoms with Gasteiger partial charge in [-0.25, -0.2) is 0 Å². The lowest BCUT2D eigenvalue weighted by Crippen LogP contribution is -2.49. The van der Waals surface area contributed by atoms with Crippen LogP contribution in [0.15, 0.2) is 4.99 Å². The van der Waals surface area contributed by atoms with Gasteiger partial charge in [0.25, 0.3) is 0 Å². The van der Waals surface area contributed by atoms with Crippen molar-refractivity contribution in [1.82, 2.24) is 10.6 Å². The molecule has 0 amide bonds. The Morgan fingerprint density at radius 1 is 1.22 bits per heavy atom. The molecular weight excluding hydrogens is 337 g/mol. The fourth-order valence-electron chi connectivity index (χ4n) is 2.59. The van der Waals surface area contributed by atoms with E-state index in [2.05, 4.69) is 43.3 Å². The molecule has 0 radical (unpaired) electrons. The molecule has 0 aromatic rings. The Hall–Kier alpha value is 0. The summed E-state index contributed by atoms with van der Waals surface area (Å²) in [6, 6.07) is 0. The molecule has 1 aliphatic rings. The standard InChI is InChI=1S/C14H29N3.HI/c1-6-14(9-7-8-10-14)11-16-12(15-5)17-13(2,3)4;/h6-11H2,1-5H3,(H2,15,16,17);1H. The first-order valence-electron chi connectivity index (χ1n) is 6.90. The zero-order valence-electron chi connectivity index (χ0n) is 12.6. The SMILES string of the molecule is CCC1(CNC(=NC)NC(C)(C)C)CCCC1.I. The highest BCUT2D eigenvalue weighted by Gasteiger charge is 2.32. The topological polar surface area (TPSA) is 36.4 Å². The minimum Gasteiger partial charge on any atom is -0.356 e. The number of hydrogen-bond donors (Lipinski definition) is 2. The predicted octanol–water partition coefficient (Wildman–Crippen LogP) is 3.54. The van der Waals surface area contributed by atoms with Gasteiger partial charge in [-0.3, -0.25) is 4.99 Å². The van der Waals surface area contributed by atoms with E-state index >= 15 is 0 Å². The van der Waals surface area contributed by atoms with Gasteiger partial charge in [0, 0.05) is 19.1 Å². The number of rotatable bonds is 3. The van der Waals surface area contributed by atoms with Crippen molar-refractivity contribution < 1.29 is 0 Å². The van der Waals surface area contributed by atoms with Crippen molar-refractivity contribution in [2.75, 3.05) is 13.6 Å². The van der Waals surface area contributed by atoms with E-state index in [9.17, 15) is 0 Å². The van der Waals surface area contributed by atoms with Crippen LogP contribution >= 0.6 is 24.0 Å². The van der Waals surface area contributed by atoms with E-state index in [4.69, 9.17) is 0 Å². The van der Waals surface area contributed by atoms with Gasteiger partial charge >= 0.3 is 0 Å². The molecule has 0 spiro atoms. The molecule has 4 heteroatoms. The Bertz CT molecular complexity index is 263. The van der Waals surface area contributed by atoms with Crippen LogP contribution in [0.25, 0.3) is 0 Å². The van der Waals surface area contributed by atoms with E-state index in [1.807, 2.05) is 7.05 Å². The van der Waals surface area contributed by atoms with Crippen LogP contribution in [0.4, 0.5) is 0 Å². The van der Waals surface area contributed by atoms with Crippen molar-refractivity contribution in [1.29, 1.82) is 0 Å². The van der Waals surface area contributed by atoms with Crippen molar-refractivity contribution in [3.63, 3.8) is 0 Å². The Labute approximate surface area is 130 Å². The Balaban J connectivity index is 0.00000289. The van der Waals surface area contributed by atoms with Gasteiger partial charge in [-0.15, -0.1) is 24.0 Å². The van der Waals surface area contributed by atoms with Gasteiger partial charge in [0.2, 0.25) is 0 Å². The summed E-state index contributed by atoms with van der Waals surface area (Å²) in [7, 11) is 1.84. The molecule has 2 N–H and O–H groups in total.